The zero-order valence-electron chi connectivity index (χ0n) is 12.8. The van der Waals surface area contributed by atoms with Gasteiger partial charge in [-0.2, -0.15) is 5.26 Å². The second-order valence-electron chi connectivity index (χ2n) is 5.79. The highest BCUT2D eigenvalue weighted by atomic mass is 16.5. The number of hydrogen-bond donors (Lipinski definition) is 1. The first-order valence-corrected chi connectivity index (χ1v) is 7.53. The zero-order chi connectivity index (χ0) is 16.0. The highest BCUT2D eigenvalue weighted by molar-refractivity contribution is 5.88. The van der Waals surface area contributed by atoms with Crippen molar-refractivity contribution in [3.63, 3.8) is 0 Å². The fourth-order valence-corrected chi connectivity index (χ4v) is 3.27. The van der Waals surface area contributed by atoms with E-state index in [4.69, 9.17) is 10.5 Å². The van der Waals surface area contributed by atoms with Crippen molar-refractivity contribution in [1.29, 1.82) is 5.26 Å². The van der Waals surface area contributed by atoms with Gasteiger partial charge in [-0.05, 0) is 23.8 Å². The largest absolute Gasteiger partial charge is 0.383 e. The van der Waals surface area contributed by atoms with Crippen molar-refractivity contribution < 1.29 is 4.74 Å². The van der Waals surface area contributed by atoms with Gasteiger partial charge in [0.1, 0.15) is 17.5 Å². The second kappa shape index (κ2) is 5.11. The number of nitrogens with two attached hydrogens (primary N) is 1. The molecule has 0 unspecified atom stereocenters. The molecule has 0 spiro atoms. The second-order valence-corrected chi connectivity index (χ2v) is 5.79. The Balaban J connectivity index is 2.02. The van der Waals surface area contributed by atoms with Gasteiger partial charge in [0, 0.05) is 41.7 Å². The van der Waals surface area contributed by atoms with Crippen LogP contribution < -0.4 is 5.73 Å². The van der Waals surface area contributed by atoms with Gasteiger partial charge in [-0.1, -0.05) is 6.07 Å². The molecule has 3 aromatic rings. The van der Waals surface area contributed by atoms with E-state index in [-0.39, 0.29) is 0 Å². The van der Waals surface area contributed by atoms with Crippen molar-refractivity contribution in [3.05, 3.63) is 47.3 Å². The Morgan fingerprint density at radius 3 is 3.04 bits per heavy atom. The van der Waals surface area contributed by atoms with Crippen molar-refractivity contribution in [3.8, 4) is 17.2 Å². The smallest absolute Gasteiger partial charge is 0.142 e. The Kier molecular flexibility index (Phi) is 3.07. The number of nitrogens with zero attached hydrogens (tertiary/aromatic N) is 3. The van der Waals surface area contributed by atoms with Gasteiger partial charge < -0.3 is 15.0 Å². The molecule has 1 aliphatic heterocycles. The quantitative estimate of drug-likeness (QED) is 0.750. The molecule has 23 heavy (non-hydrogen) atoms. The summed E-state index contributed by atoms with van der Waals surface area (Å²) < 4.78 is 7.67. The van der Waals surface area contributed by atoms with E-state index in [2.05, 4.69) is 33.8 Å². The van der Waals surface area contributed by atoms with Gasteiger partial charge in [0.2, 0.25) is 0 Å². The molecule has 0 amide bonds. The molecule has 0 saturated carbocycles. The molecule has 0 aliphatic carbocycles. The summed E-state index contributed by atoms with van der Waals surface area (Å²) in [5, 5.41) is 10.7. The zero-order valence-corrected chi connectivity index (χ0v) is 12.8. The lowest BCUT2D eigenvalue weighted by Crippen LogP contribution is -2.16. The monoisotopic (exact) mass is 304 g/mol. The van der Waals surface area contributed by atoms with Crippen LogP contribution in [0.3, 0.4) is 0 Å². The number of nitrogen functional groups attached to an aromatic ring is 1. The molecule has 2 N–H and O–H groups in total. The first kappa shape index (κ1) is 13.8. The molecule has 114 valence electrons. The molecule has 3 heterocycles. The first-order valence-electron chi connectivity index (χ1n) is 7.53. The SMILES string of the molecule is Cn1ccc2cc(-c3c(C#N)c(N)nc4c3COCC4)ccc21. The van der Waals surface area contributed by atoms with Crippen LogP contribution >= 0.6 is 0 Å². The van der Waals surface area contributed by atoms with Gasteiger partial charge in [-0.25, -0.2) is 4.98 Å². The van der Waals surface area contributed by atoms with E-state index in [9.17, 15) is 5.26 Å². The molecule has 2 aromatic heterocycles. The van der Waals surface area contributed by atoms with E-state index in [0.717, 1.165) is 39.7 Å². The van der Waals surface area contributed by atoms with Crippen molar-refractivity contribution in [1.82, 2.24) is 9.55 Å². The Morgan fingerprint density at radius 2 is 2.22 bits per heavy atom. The molecule has 0 saturated heterocycles. The maximum absolute atomic E-state index is 9.56. The van der Waals surface area contributed by atoms with Gasteiger partial charge in [-0.3, -0.25) is 0 Å². The Hall–Kier alpha value is -2.84. The minimum atomic E-state index is 0.302. The average Bonchev–Trinajstić information content (AvgIpc) is 2.94. The lowest BCUT2D eigenvalue weighted by molar-refractivity contribution is 0.109. The summed E-state index contributed by atoms with van der Waals surface area (Å²) in [6, 6.07) is 10.5. The molecule has 1 aromatic carbocycles. The van der Waals surface area contributed by atoms with E-state index in [1.165, 1.54) is 0 Å². The Bertz CT molecular complexity index is 965. The predicted octanol–water partition coefficient (Wildman–Crippen LogP) is 2.77. The summed E-state index contributed by atoms with van der Waals surface area (Å²) in [7, 11) is 2.02. The molecule has 0 fully saturated rings. The number of ether oxygens (including phenoxy) is 1. The Labute approximate surface area is 133 Å². The molecule has 0 radical (unpaired) electrons. The minimum absolute atomic E-state index is 0.302. The van der Waals surface area contributed by atoms with Gasteiger partial charge in [-0.15, -0.1) is 0 Å². The van der Waals surface area contributed by atoms with Gasteiger partial charge in [0.25, 0.3) is 0 Å². The van der Waals surface area contributed by atoms with Crippen LogP contribution in [0.5, 0.6) is 0 Å². The molecule has 1 aliphatic rings. The summed E-state index contributed by atoms with van der Waals surface area (Å²) >= 11 is 0. The van der Waals surface area contributed by atoms with Gasteiger partial charge in [0.05, 0.1) is 18.9 Å². The number of rotatable bonds is 1. The van der Waals surface area contributed by atoms with E-state index in [0.29, 0.717) is 24.6 Å². The highest BCUT2D eigenvalue weighted by Gasteiger charge is 2.22. The van der Waals surface area contributed by atoms with Gasteiger partial charge >= 0.3 is 0 Å². The normalized spacial score (nSPS) is 13.7. The maximum Gasteiger partial charge on any atom is 0.142 e. The number of nitriles is 1. The predicted molar refractivity (Wildman–Crippen MR) is 88.6 cm³/mol. The molecule has 0 bridgehead atoms. The van der Waals surface area contributed by atoms with Crippen LogP contribution in [0.2, 0.25) is 0 Å². The first-order chi connectivity index (χ1) is 11.2. The fraction of sp³-hybridized carbons (Fsp3) is 0.222. The summed E-state index contributed by atoms with van der Waals surface area (Å²) in [6.45, 7) is 1.11. The fourth-order valence-electron chi connectivity index (χ4n) is 3.27. The lowest BCUT2D eigenvalue weighted by Gasteiger charge is -2.21. The van der Waals surface area contributed by atoms with Crippen LogP contribution in [0, 0.1) is 11.3 Å². The lowest BCUT2D eigenvalue weighted by atomic mass is 9.92. The van der Waals surface area contributed by atoms with Crippen molar-refractivity contribution >= 4 is 16.7 Å². The number of anilines is 1. The van der Waals surface area contributed by atoms with Crippen LogP contribution in [0.15, 0.2) is 30.5 Å². The average molecular weight is 304 g/mol. The van der Waals surface area contributed by atoms with Crippen LogP contribution in [-0.2, 0) is 24.8 Å². The van der Waals surface area contributed by atoms with Gasteiger partial charge in [0.15, 0.2) is 0 Å². The van der Waals surface area contributed by atoms with Crippen molar-refractivity contribution in [2.75, 3.05) is 12.3 Å². The molecule has 5 nitrogen and oxygen atoms in total. The van der Waals surface area contributed by atoms with E-state index in [1.54, 1.807) is 0 Å². The molecule has 0 atom stereocenters. The third-order valence-corrected chi connectivity index (χ3v) is 4.43. The van der Waals surface area contributed by atoms with Crippen LogP contribution in [0.1, 0.15) is 16.8 Å². The number of aromatic nitrogens is 2. The Morgan fingerprint density at radius 1 is 1.35 bits per heavy atom. The number of fused-ring (bicyclic) bond motifs is 2. The number of aryl methyl sites for hydroxylation is 1. The summed E-state index contributed by atoms with van der Waals surface area (Å²) in [4.78, 5) is 4.41. The van der Waals surface area contributed by atoms with E-state index >= 15 is 0 Å². The van der Waals surface area contributed by atoms with E-state index in [1.807, 2.05) is 19.3 Å². The third-order valence-electron chi connectivity index (χ3n) is 4.43. The van der Waals surface area contributed by atoms with Crippen molar-refractivity contribution in [2.24, 2.45) is 7.05 Å². The summed E-state index contributed by atoms with van der Waals surface area (Å²) in [6.07, 6.45) is 2.75. The summed E-state index contributed by atoms with van der Waals surface area (Å²) in [5.41, 5.74) is 11.4. The molecule has 5 heteroatoms. The summed E-state index contributed by atoms with van der Waals surface area (Å²) in [5.74, 6) is 0.302. The topological polar surface area (TPSA) is 76.9 Å². The minimum Gasteiger partial charge on any atom is -0.383 e. The number of benzene rings is 1. The van der Waals surface area contributed by atoms with Crippen LogP contribution in [-0.4, -0.2) is 16.2 Å². The number of pyridine rings is 1. The van der Waals surface area contributed by atoms with Crippen LogP contribution in [0.25, 0.3) is 22.0 Å². The molecular formula is C18H16N4O. The van der Waals surface area contributed by atoms with Crippen LogP contribution in [0.4, 0.5) is 5.82 Å². The molecule has 4 rings (SSSR count). The highest BCUT2D eigenvalue weighted by Crippen LogP contribution is 2.35. The maximum atomic E-state index is 9.56. The van der Waals surface area contributed by atoms with Crippen molar-refractivity contribution in [2.45, 2.75) is 13.0 Å². The molecular weight excluding hydrogens is 288 g/mol. The number of hydrogen-bond acceptors (Lipinski definition) is 4. The van der Waals surface area contributed by atoms with E-state index < -0.39 is 0 Å². The standard InChI is InChI=1S/C18H16N4O/c1-22-6-4-11-8-12(2-3-16(11)22)17-13(9-19)18(20)21-15-5-7-23-10-14(15)17/h2-4,6,8H,5,7,10H2,1H3,(H2,20,21). The third kappa shape index (κ3) is 2.07.